The summed E-state index contributed by atoms with van der Waals surface area (Å²) in [5.74, 6) is 0.0714. The van der Waals surface area contributed by atoms with E-state index < -0.39 is 0 Å². The van der Waals surface area contributed by atoms with Crippen LogP contribution in [0.1, 0.15) is 20.8 Å². The van der Waals surface area contributed by atoms with Gasteiger partial charge in [0.05, 0.1) is 19.1 Å². The zero-order valence-electron chi connectivity index (χ0n) is 8.99. The minimum absolute atomic E-state index is 0.171. The number of esters is 1. The van der Waals surface area contributed by atoms with Crippen molar-refractivity contribution in [3.05, 3.63) is 12.2 Å². The van der Waals surface area contributed by atoms with Gasteiger partial charge in [-0.3, -0.25) is 9.79 Å². The highest BCUT2D eigenvalue weighted by Crippen LogP contribution is 2.12. The van der Waals surface area contributed by atoms with Crippen LogP contribution < -0.4 is 0 Å². The molecular weight excluding hydrogens is 178 g/mol. The lowest BCUT2D eigenvalue weighted by atomic mass is 10.0. The molecule has 1 heterocycles. The molecule has 1 rings (SSSR count). The summed E-state index contributed by atoms with van der Waals surface area (Å²) in [6, 6.07) is 0. The van der Waals surface area contributed by atoms with Crippen LogP contribution in [0.3, 0.4) is 0 Å². The molecule has 1 aliphatic heterocycles. The van der Waals surface area contributed by atoms with Gasteiger partial charge in [-0.2, -0.15) is 0 Å². The van der Waals surface area contributed by atoms with E-state index in [4.69, 9.17) is 4.74 Å². The van der Waals surface area contributed by atoms with Crippen LogP contribution in [0.15, 0.2) is 17.1 Å². The highest BCUT2D eigenvalue weighted by molar-refractivity contribution is 5.98. The standard InChI is InChI=1S/C11H17NO2/c1-4-14-11(13)9-5-6-10(8(2)3)12-7-9/h5-6,8-9H,4,7H2,1-3H3. The van der Waals surface area contributed by atoms with Gasteiger partial charge in [0.2, 0.25) is 0 Å². The summed E-state index contributed by atoms with van der Waals surface area (Å²) in [6.45, 7) is 6.96. The first-order chi connectivity index (χ1) is 6.65. The topological polar surface area (TPSA) is 38.7 Å². The van der Waals surface area contributed by atoms with Crippen LogP contribution in [0.5, 0.6) is 0 Å². The molecule has 0 N–H and O–H groups in total. The Balaban J connectivity index is 2.52. The Bertz CT molecular complexity index is 266. The first-order valence-electron chi connectivity index (χ1n) is 5.04. The lowest BCUT2D eigenvalue weighted by Gasteiger charge is -2.15. The van der Waals surface area contributed by atoms with Crippen molar-refractivity contribution in [2.45, 2.75) is 20.8 Å². The third kappa shape index (κ3) is 2.69. The summed E-state index contributed by atoms with van der Waals surface area (Å²) in [4.78, 5) is 15.7. The Kier molecular flexibility index (Phi) is 3.86. The summed E-state index contributed by atoms with van der Waals surface area (Å²) in [5, 5.41) is 0. The summed E-state index contributed by atoms with van der Waals surface area (Å²) in [5.41, 5.74) is 1.06. The Morgan fingerprint density at radius 3 is 2.86 bits per heavy atom. The van der Waals surface area contributed by atoms with Crippen molar-refractivity contribution >= 4 is 11.7 Å². The second-order valence-corrected chi connectivity index (χ2v) is 3.64. The molecule has 1 unspecified atom stereocenters. The Morgan fingerprint density at radius 1 is 1.71 bits per heavy atom. The summed E-state index contributed by atoms with van der Waals surface area (Å²) >= 11 is 0. The average molecular weight is 195 g/mol. The maximum Gasteiger partial charge on any atom is 0.314 e. The smallest absolute Gasteiger partial charge is 0.314 e. The minimum atomic E-state index is -0.183. The van der Waals surface area contributed by atoms with Crippen molar-refractivity contribution in [1.82, 2.24) is 0 Å². The number of nitrogens with zero attached hydrogens (tertiary/aromatic N) is 1. The van der Waals surface area contributed by atoms with Gasteiger partial charge in [-0.05, 0) is 18.9 Å². The van der Waals surface area contributed by atoms with Crippen molar-refractivity contribution in [2.24, 2.45) is 16.8 Å². The van der Waals surface area contributed by atoms with Crippen molar-refractivity contribution in [1.29, 1.82) is 0 Å². The van der Waals surface area contributed by atoms with E-state index in [1.165, 1.54) is 0 Å². The van der Waals surface area contributed by atoms with E-state index in [9.17, 15) is 4.79 Å². The molecule has 0 aromatic carbocycles. The molecule has 0 saturated carbocycles. The lowest BCUT2D eigenvalue weighted by Crippen LogP contribution is -2.23. The zero-order chi connectivity index (χ0) is 10.6. The van der Waals surface area contributed by atoms with Gasteiger partial charge in [0.1, 0.15) is 0 Å². The number of allylic oxidation sites excluding steroid dienone is 1. The molecule has 0 amide bonds. The number of hydrogen-bond acceptors (Lipinski definition) is 3. The first-order valence-corrected chi connectivity index (χ1v) is 5.04. The van der Waals surface area contributed by atoms with Crippen LogP contribution in [0, 0.1) is 11.8 Å². The number of carbonyl (C=O) groups excluding carboxylic acids is 1. The van der Waals surface area contributed by atoms with Crippen molar-refractivity contribution in [2.75, 3.05) is 13.2 Å². The molecule has 0 bridgehead atoms. The SMILES string of the molecule is CCOC(=O)C1C=CC(C(C)C)=NC1. The molecule has 3 heteroatoms. The number of rotatable bonds is 3. The van der Waals surface area contributed by atoms with Crippen LogP contribution in [-0.2, 0) is 9.53 Å². The van der Waals surface area contributed by atoms with E-state index in [1.54, 1.807) is 0 Å². The van der Waals surface area contributed by atoms with Crippen LogP contribution in [0.2, 0.25) is 0 Å². The van der Waals surface area contributed by atoms with E-state index in [1.807, 2.05) is 19.1 Å². The number of carbonyl (C=O) groups is 1. The number of dihydropyridines is 1. The molecule has 0 aliphatic carbocycles. The Morgan fingerprint density at radius 2 is 2.43 bits per heavy atom. The molecule has 0 aromatic heterocycles. The van der Waals surface area contributed by atoms with Crippen LogP contribution in [0.25, 0.3) is 0 Å². The Labute approximate surface area is 84.9 Å². The van der Waals surface area contributed by atoms with Crippen molar-refractivity contribution in [3.8, 4) is 0 Å². The van der Waals surface area contributed by atoms with E-state index in [0.29, 0.717) is 19.1 Å². The molecular formula is C11H17NO2. The predicted molar refractivity (Wildman–Crippen MR) is 56.4 cm³/mol. The van der Waals surface area contributed by atoms with E-state index in [2.05, 4.69) is 18.8 Å². The van der Waals surface area contributed by atoms with Gasteiger partial charge in [0.25, 0.3) is 0 Å². The molecule has 1 aliphatic rings. The molecule has 1 atom stereocenters. The zero-order valence-corrected chi connectivity index (χ0v) is 8.99. The van der Waals surface area contributed by atoms with E-state index in [0.717, 1.165) is 5.71 Å². The van der Waals surface area contributed by atoms with Crippen molar-refractivity contribution in [3.63, 3.8) is 0 Å². The molecule has 0 spiro atoms. The molecule has 0 fully saturated rings. The third-order valence-corrected chi connectivity index (χ3v) is 2.15. The van der Waals surface area contributed by atoms with Crippen LogP contribution in [-0.4, -0.2) is 24.8 Å². The summed E-state index contributed by atoms with van der Waals surface area (Å²) in [6.07, 6.45) is 3.82. The molecule has 3 nitrogen and oxygen atoms in total. The van der Waals surface area contributed by atoms with Gasteiger partial charge < -0.3 is 4.74 Å². The molecule has 0 aromatic rings. The van der Waals surface area contributed by atoms with E-state index in [-0.39, 0.29) is 11.9 Å². The van der Waals surface area contributed by atoms with Gasteiger partial charge in [0, 0.05) is 5.71 Å². The van der Waals surface area contributed by atoms with Gasteiger partial charge in [0.15, 0.2) is 0 Å². The van der Waals surface area contributed by atoms with Crippen LogP contribution in [0.4, 0.5) is 0 Å². The number of aliphatic imine (C=N–C) groups is 1. The number of hydrogen-bond donors (Lipinski definition) is 0. The van der Waals surface area contributed by atoms with Crippen LogP contribution >= 0.6 is 0 Å². The normalized spacial score (nSPS) is 20.9. The van der Waals surface area contributed by atoms with Crippen molar-refractivity contribution < 1.29 is 9.53 Å². The molecule has 14 heavy (non-hydrogen) atoms. The molecule has 0 saturated heterocycles. The summed E-state index contributed by atoms with van der Waals surface area (Å²) in [7, 11) is 0. The second-order valence-electron chi connectivity index (χ2n) is 3.64. The number of ether oxygens (including phenoxy) is 1. The van der Waals surface area contributed by atoms with Gasteiger partial charge >= 0.3 is 5.97 Å². The second kappa shape index (κ2) is 4.94. The fourth-order valence-electron chi connectivity index (χ4n) is 1.31. The maximum absolute atomic E-state index is 11.3. The average Bonchev–Trinajstić information content (AvgIpc) is 2.18. The predicted octanol–water partition coefficient (Wildman–Crippen LogP) is 1.83. The fourth-order valence-corrected chi connectivity index (χ4v) is 1.31. The highest BCUT2D eigenvalue weighted by Gasteiger charge is 2.19. The summed E-state index contributed by atoms with van der Waals surface area (Å²) < 4.78 is 4.92. The lowest BCUT2D eigenvalue weighted by molar-refractivity contribution is -0.145. The van der Waals surface area contributed by atoms with Gasteiger partial charge in [-0.1, -0.05) is 19.9 Å². The largest absolute Gasteiger partial charge is 0.465 e. The first kappa shape index (κ1) is 11.0. The maximum atomic E-state index is 11.3. The monoisotopic (exact) mass is 195 g/mol. The third-order valence-electron chi connectivity index (χ3n) is 2.15. The Hall–Kier alpha value is -1.12. The molecule has 0 radical (unpaired) electrons. The fraction of sp³-hybridized carbons (Fsp3) is 0.636. The minimum Gasteiger partial charge on any atom is -0.465 e. The quantitative estimate of drug-likeness (QED) is 0.644. The highest BCUT2D eigenvalue weighted by atomic mass is 16.5. The molecule has 78 valence electrons. The van der Waals surface area contributed by atoms with Gasteiger partial charge in [-0.15, -0.1) is 0 Å². The van der Waals surface area contributed by atoms with Gasteiger partial charge in [-0.25, -0.2) is 0 Å². The van der Waals surface area contributed by atoms with E-state index >= 15 is 0 Å².